The van der Waals surface area contributed by atoms with Crippen LogP contribution in [0.15, 0.2) is 0 Å². The molecule has 2 atom stereocenters. The van der Waals surface area contributed by atoms with Crippen molar-refractivity contribution in [3.05, 3.63) is 0 Å². The number of carbonyl (C=O) groups excluding carboxylic acids is 1. The van der Waals surface area contributed by atoms with Crippen LogP contribution in [0.4, 0.5) is 0 Å². The first kappa shape index (κ1) is 12.6. The van der Waals surface area contributed by atoms with E-state index in [1.807, 2.05) is 0 Å². The smallest absolute Gasteiger partial charge is 0.132 e. The molecule has 0 amide bonds. The van der Waals surface area contributed by atoms with Gasteiger partial charge in [0.25, 0.3) is 0 Å². The Morgan fingerprint density at radius 3 is 2.00 bits per heavy atom. The molecule has 0 heterocycles. The van der Waals surface area contributed by atoms with Crippen LogP contribution in [0.25, 0.3) is 0 Å². The van der Waals surface area contributed by atoms with Gasteiger partial charge in [0.15, 0.2) is 0 Å². The van der Waals surface area contributed by atoms with Crippen molar-refractivity contribution in [1.29, 1.82) is 0 Å². The van der Waals surface area contributed by atoms with E-state index in [4.69, 9.17) is 0 Å². The summed E-state index contributed by atoms with van der Waals surface area (Å²) in [5.41, 5.74) is 0. The van der Waals surface area contributed by atoms with Gasteiger partial charge in [0.05, 0.1) is 0 Å². The summed E-state index contributed by atoms with van der Waals surface area (Å²) in [6.07, 6.45) is 3.10. The SMILES string of the molecule is CCC(CC(CC)N(C)C)C(C)=O. The molecule has 2 nitrogen and oxygen atoms in total. The average Bonchev–Trinajstić information content (AvgIpc) is 2.05. The van der Waals surface area contributed by atoms with Crippen molar-refractivity contribution in [2.75, 3.05) is 14.1 Å². The van der Waals surface area contributed by atoms with E-state index in [9.17, 15) is 4.79 Å². The van der Waals surface area contributed by atoms with Crippen molar-refractivity contribution < 1.29 is 4.79 Å². The van der Waals surface area contributed by atoms with Crippen LogP contribution in [0.1, 0.15) is 40.0 Å². The minimum absolute atomic E-state index is 0.257. The normalized spacial score (nSPS) is 15.8. The summed E-state index contributed by atoms with van der Waals surface area (Å²) in [7, 11) is 4.17. The van der Waals surface area contributed by atoms with Gasteiger partial charge in [0.1, 0.15) is 5.78 Å². The standard InChI is InChI=1S/C11H23NO/c1-6-10(9(3)13)8-11(7-2)12(4)5/h10-11H,6-8H2,1-5H3. The van der Waals surface area contributed by atoms with E-state index in [2.05, 4.69) is 32.8 Å². The Morgan fingerprint density at radius 2 is 1.77 bits per heavy atom. The first-order chi connectivity index (χ1) is 6.02. The van der Waals surface area contributed by atoms with Crippen molar-refractivity contribution in [2.24, 2.45) is 5.92 Å². The molecule has 2 heteroatoms. The highest BCUT2D eigenvalue weighted by Crippen LogP contribution is 2.16. The third-order valence-electron chi connectivity index (χ3n) is 2.83. The van der Waals surface area contributed by atoms with E-state index in [0.29, 0.717) is 11.8 Å². The van der Waals surface area contributed by atoms with Crippen LogP contribution in [0.5, 0.6) is 0 Å². The molecule has 0 radical (unpaired) electrons. The lowest BCUT2D eigenvalue weighted by molar-refractivity contribution is -0.121. The molecule has 2 unspecified atom stereocenters. The second-order valence-corrected chi connectivity index (χ2v) is 3.98. The first-order valence-electron chi connectivity index (χ1n) is 5.19. The number of rotatable bonds is 6. The second kappa shape index (κ2) is 6.14. The summed E-state index contributed by atoms with van der Waals surface area (Å²) < 4.78 is 0. The molecule has 78 valence electrons. The molecular formula is C11H23NO. The molecule has 0 aromatic heterocycles. The number of carbonyl (C=O) groups is 1. The average molecular weight is 185 g/mol. The summed E-state index contributed by atoms with van der Waals surface area (Å²) in [5, 5.41) is 0. The van der Waals surface area contributed by atoms with Crippen LogP contribution in [0.3, 0.4) is 0 Å². The zero-order valence-electron chi connectivity index (χ0n) is 9.63. The Kier molecular flexibility index (Phi) is 5.97. The maximum absolute atomic E-state index is 11.2. The van der Waals surface area contributed by atoms with Gasteiger partial charge in [-0.15, -0.1) is 0 Å². The lowest BCUT2D eigenvalue weighted by Crippen LogP contribution is -2.31. The summed E-state index contributed by atoms with van der Waals surface area (Å²) in [5.74, 6) is 0.593. The molecule has 0 bridgehead atoms. The van der Waals surface area contributed by atoms with E-state index in [0.717, 1.165) is 19.3 Å². The van der Waals surface area contributed by atoms with Crippen molar-refractivity contribution in [3.63, 3.8) is 0 Å². The maximum atomic E-state index is 11.2. The quantitative estimate of drug-likeness (QED) is 0.633. The van der Waals surface area contributed by atoms with E-state index < -0.39 is 0 Å². The van der Waals surface area contributed by atoms with Crippen LogP contribution in [0.2, 0.25) is 0 Å². The van der Waals surface area contributed by atoms with E-state index >= 15 is 0 Å². The molecule has 0 aromatic carbocycles. The lowest BCUT2D eigenvalue weighted by Gasteiger charge is -2.26. The highest BCUT2D eigenvalue weighted by atomic mass is 16.1. The molecule has 13 heavy (non-hydrogen) atoms. The van der Waals surface area contributed by atoms with E-state index in [1.54, 1.807) is 6.92 Å². The molecule has 0 fully saturated rings. The number of ketones is 1. The molecule has 0 rings (SSSR count). The van der Waals surface area contributed by atoms with E-state index in [1.165, 1.54) is 0 Å². The van der Waals surface area contributed by atoms with Gasteiger partial charge in [-0.3, -0.25) is 4.79 Å². The molecular weight excluding hydrogens is 162 g/mol. The number of hydrogen-bond donors (Lipinski definition) is 0. The van der Waals surface area contributed by atoms with Crippen molar-refractivity contribution >= 4 is 5.78 Å². The topological polar surface area (TPSA) is 20.3 Å². The fourth-order valence-electron chi connectivity index (χ4n) is 1.69. The zero-order valence-corrected chi connectivity index (χ0v) is 9.63. The molecule has 0 aliphatic heterocycles. The van der Waals surface area contributed by atoms with Crippen molar-refractivity contribution in [1.82, 2.24) is 4.90 Å². The van der Waals surface area contributed by atoms with Gasteiger partial charge in [-0.1, -0.05) is 13.8 Å². The predicted molar refractivity (Wildman–Crippen MR) is 56.8 cm³/mol. The third-order valence-corrected chi connectivity index (χ3v) is 2.83. The summed E-state index contributed by atoms with van der Waals surface area (Å²) in [6, 6.07) is 0.550. The van der Waals surface area contributed by atoms with Gasteiger partial charge in [-0.05, 0) is 40.3 Å². The Hall–Kier alpha value is -0.370. The van der Waals surface area contributed by atoms with Crippen LogP contribution < -0.4 is 0 Å². The molecule has 0 saturated heterocycles. The highest BCUT2D eigenvalue weighted by Gasteiger charge is 2.18. The first-order valence-corrected chi connectivity index (χ1v) is 5.19. The Bertz CT molecular complexity index is 154. The summed E-state index contributed by atoms with van der Waals surface area (Å²) in [6.45, 7) is 5.97. The van der Waals surface area contributed by atoms with Gasteiger partial charge in [0.2, 0.25) is 0 Å². The van der Waals surface area contributed by atoms with Gasteiger partial charge in [0, 0.05) is 12.0 Å². The molecule has 0 N–H and O–H groups in total. The van der Waals surface area contributed by atoms with Gasteiger partial charge >= 0.3 is 0 Å². The van der Waals surface area contributed by atoms with Crippen molar-refractivity contribution in [3.8, 4) is 0 Å². The molecule has 0 aliphatic carbocycles. The minimum atomic E-state index is 0.257. The maximum Gasteiger partial charge on any atom is 0.132 e. The van der Waals surface area contributed by atoms with Crippen LogP contribution in [-0.2, 0) is 4.79 Å². The molecule has 0 aromatic rings. The minimum Gasteiger partial charge on any atom is -0.306 e. The third kappa shape index (κ3) is 4.41. The zero-order chi connectivity index (χ0) is 10.4. The molecule has 0 aliphatic rings. The number of hydrogen-bond acceptors (Lipinski definition) is 2. The molecule has 0 spiro atoms. The van der Waals surface area contributed by atoms with Crippen LogP contribution in [-0.4, -0.2) is 30.8 Å². The second-order valence-electron chi connectivity index (χ2n) is 3.98. The fourth-order valence-corrected chi connectivity index (χ4v) is 1.69. The molecule has 0 saturated carbocycles. The lowest BCUT2D eigenvalue weighted by atomic mass is 9.92. The predicted octanol–water partition coefficient (Wildman–Crippen LogP) is 2.33. The van der Waals surface area contributed by atoms with Crippen LogP contribution >= 0.6 is 0 Å². The summed E-state index contributed by atoms with van der Waals surface area (Å²) >= 11 is 0. The van der Waals surface area contributed by atoms with Crippen LogP contribution in [0, 0.1) is 5.92 Å². The largest absolute Gasteiger partial charge is 0.306 e. The number of nitrogens with zero attached hydrogens (tertiary/aromatic N) is 1. The fraction of sp³-hybridized carbons (Fsp3) is 0.909. The Balaban J connectivity index is 4.11. The Labute approximate surface area is 82.3 Å². The monoisotopic (exact) mass is 185 g/mol. The Morgan fingerprint density at radius 1 is 1.23 bits per heavy atom. The number of Topliss-reactive ketones (excluding diaryl/α,β-unsaturated/α-hetero) is 1. The van der Waals surface area contributed by atoms with Gasteiger partial charge in [-0.2, -0.15) is 0 Å². The van der Waals surface area contributed by atoms with Gasteiger partial charge in [-0.25, -0.2) is 0 Å². The highest BCUT2D eigenvalue weighted by molar-refractivity contribution is 5.78. The van der Waals surface area contributed by atoms with Crippen molar-refractivity contribution in [2.45, 2.75) is 46.1 Å². The van der Waals surface area contributed by atoms with E-state index in [-0.39, 0.29) is 5.92 Å². The summed E-state index contributed by atoms with van der Waals surface area (Å²) in [4.78, 5) is 13.4. The van der Waals surface area contributed by atoms with Gasteiger partial charge < -0.3 is 4.90 Å².